The fourth-order valence-corrected chi connectivity index (χ4v) is 3.08. The highest BCUT2D eigenvalue weighted by molar-refractivity contribution is 7.14. The molecule has 2 heterocycles. The number of benzene rings is 1. The van der Waals surface area contributed by atoms with Crippen molar-refractivity contribution in [3.8, 4) is 5.69 Å². The lowest BCUT2D eigenvalue weighted by molar-refractivity contribution is 0.257. The smallest absolute Gasteiger partial charge is 0.321 e. The van der Waals surface area contributed by atoms with Gasteiger partial charge in [0, 0.05) is 24.6 Å². The van der Waals surface area contributed by atoms with E-state index >= 15 is 0 Å². The minimum absolute atomic E-state index is 0.121. The highest BCUT2D eigenvalue weighted by Gasteiger charge is 2.16. The van der Waals surface area contributed by atoms with Gasteiger partial charge in [0.15, 0.2) is 0 Å². The van der Waals surface area contributed by atoms with Gasteiger partial charge >= 0.3 is 6.03 Å². The molecule has 22 heavy (non-hydrogen) atoms. The van der Waals surface area contributed by atoms with Crippen LogP contribution in [0.3, 0.4) is 0 Å². The Labute approximate surface area is 133 Å². The van der Waals surface area contributed by atoms with Crippen molar-refractivity contribution >= 4 is 28.1 Å². The first-order valence-electron chi connectivity index (χ1n) is 7.14. The maximum Gasteiger partial charge on any atom is 0.326 e. The first-order chi connectivity index (χ1) is 10.8. The maximum atomic E-state index is 12.6. The van der Waals surface area contributed by atoms with Crippen molar-refractivity contribution in [3.63, 3.8) is 0 Å². The van der Waals surface area contributed by atoms with Gasteiger partial charge in [-0.15, -0.1) is 11.3 Å². The number of aromatic nitrogens is 1. The summed E-state index contributed by atoms with van der Waals surface area (Å²) >= 11 is 1.52. The summed E-state index contributed by atoms with van der Waals surface area (Å²) in [6.07, 6.45) is 3.93. The topological polar surface area (TPSA) is 37.3 Å². The number of carbonyl (C=O) groups is 1. The van der Waals surface area contributed by atoms with Crippen molar-refractivity contribution in [2.75, 3.05) is 16.8 Å². The van der Waals surface area contributed by atoms with Crippen molar-refractivity contribution < 1.29 is 4.79 Å². The maximum absolute atomic E-state index is 12.6. The van der Waals surface area contributed by atoms with Crippen molar-refractivity contribution in [2.45, 2.75) is 6.92 Å². The number of nitrogens with one attached hydrogen (secondary N) is 1. The van der Waals surface area contributed by atoms with Gasteiger partial charge in [0.2, 0.25) is 0 Å². The molecule has 1 N–H and O–H groups in total. The van der Waals surface area contributed by atoms with Crippen LogP contribution in [0.15, 0.2) is 66.3 Å². The zero-order chi connectivity index (χ0) is 15.4. The third kappa shape index (κ3) is 2.89. The van der Waals surface area contributed by atoms with E-state index in [1.54, 1.807) is 4.90 Å². The van der Waals surface area contributed by atoms with Crippen LogP contribution in [-0.4, -0.2) is 17.1 Å². The number of hydrogen-bond donors (Lipinski definition) is 1. The average molecular weight is 311 g/mol. The van der Waals surface area contributed by atoms with Gasteiger partial charge in [0.05, 0.1) is 5.69 Å². The lowest BCUT2D eigenvalue weighted by atomic mass is 10.3. The Kier molecular flexibility index (Phi) is 4.25. The molecular weight excluding hydrogens is 294 g/mol. The quantitative estimate of drug-likeness (QED) is 0.751. The minimum atomic E-state index is -0.121. The molecule has 0 spiro atoms. The standard InChI is InChI=1S/C17H17N3OS/c1-2-20(14-8-4-3-5-9-14)17(21)18-16-15(10-13-22-16)19-11-6-7-12-19/h3-13H,2H2,1H3,(H,18,21). The number of urea groups is 1. The van der Waals surface area contributed by atoms with Crippen molar-refractivity contribution in [1.82, 2.24) is 4.57 Å². The lowest BCUT2D eigenvalue weighted by Crippen LogP contribution is -2.34. The molecule has 0 saturated carbocycles. The molecule has 2 aromatic heterocycles. The van der Waals surface area contributed by atoms with E-state index in [2.05, 4.69) is 5.32 Å². The minimum Gasteiger partial charge on any atom is -0.321 e. The zero-order valence-corrected chi connectivity index (χ0v) is 13.1. The molecule has 0 aliphatic rings. The molecule has 112 valence electrons. The highest BCUT2D eigenvalue weighted by atomic mass is 32.1. The Bertz CT molecular complexity index is 734. The van der Waals surface area contributed by atoms with Gasteiger partial charge in [-0.1, -0.05) is 18.2 Å². The fourth-order valence-electron chi connectivity index (χ4n) is 2.31. The third-order valence-electron chi connectivity index (χ3n) is 3.38. The molecule has 1 aromatic carbocycles. The predicted molar refractivity (Wildman–Crippen MR) is 92.1 cm³/mol. The van der Waals surface area contributed by atoms with Crippen molar-refractivity contribution in [2.24, 2.45) is 0 Å². The number of amides is 2. The van der Waals surface area contributed by atoms with Crippen LogP contribution in [0.25, 0.3) is 5.69 Å². The normalized spacial score (nSPS) is 10.4. The van der Waals surface area contributed by atoms with Crippen molar-refractivity contribution in [3.05, 3.63) is 66.3 Å². The molecule has 0 radical (unpaired) electrons. The summed E-state index contributed by atoms with van der Waals surface area (Å²) in [5.74, 6) is 0. The van der Waals surface area contributed by atoms with Crippen molar-refractivity contribution in [1.29, 1.82) is 0 Å². The molecule has 5 heteroatoms. The molecule has 0 atom stereocenters. The SMILES string of the molecule is CCN(C(=O)Nc1sccc1-n1cccc1)c1ccccc1. The Hall–Kier alpha value is -2.53. The van der Waals surface area contributed by atoms with E-state index in [1.807, 2.05) is 77.8 Å². The van der Waals surface area contributed by atoms with Crippen LogP contribution in [-0.2, 0) is 0 Å². The van der Waals surface area contributed by atoms with Gasteiger partial charge in [0.1, 0.15) is 5.00 Å². The Balaban J connectivity index is 1.81. The van der Waals surface area contributed by atoms with Gasteiger partial charge < -0.3 is 4.57 Å². The molecule has 3 aromatic rings. The summed E-state index contributed by atoms with van der Waals surface area (Å²) in [5.41, 5.74) is 1.87. The Morgan fingerprint density at radius 1 is 1.14 bits per heavy atom. The molecule has 0 unspecified atom stereocenters. The Morgan fingerprint density at radius 2 is 1.86 bits per heavy atom. The summed E-state index contributed by atoms with van der Waals surface area (Å²) in [5, 5.41) is 5.83. The van der Waals surface area contributed by atoms with Crippen LogP contribution in [0.5, 0.6) is 0 Å². The molecule has 0 fully saturated rings. The van der Waals surface area contributed by atoms with E-state index in [-0.39, 0.29) is 6.03 Å². The Morgan fingerprint density at radius 3 is 2.55 bits per heavy atom. The summed E-state index contributed by atoms with van der Waals surface area (Å²) in [6, 6.07) is 15.5. The third-order valence-corrected chi connectivity index (χ3v) is 4.20. The van der Waals surface area contributed by atoms with Crippen LogP contribution in [0.4, 0.5) is 15.5 Å². The van der Waals surface area contributed by atoms with E-state index < -0.39 is 0 Å². The molecule has 0 aliphatic heterocycles. The van der Waals surface area contributed by atoms with Gasteiger partial charge in [-0.2, -0.15) is 0 Å². The van der Waals surface area contributed by atoms with E-state index in [0.717, 1.165) is 16.4 Å². The number of rotatable bonds is 4. The van der Waals surface area contributed by atoms with Crippen LogP contribution >= 0.6 is 11.3 Å². The largest absolute Gasteiger partial charge is 0.326 e. The van der Waals surface area contributed by atoms with E-state index in [9.17, 15) is 4.79 Å². The molecule has 0 saturated heterocycles. The lowest BCUT2D eigenvalue weighted by Gasteiger charge is -2.21. The fraction of sp³-hybridized carbons (Fsp3) is 0.118. The van der Waals surface area contributed by atoms with Gasteiger partial charge in [-0.05, 0) is 42.6 Å². The summed E-state index contributed by atoms with van der Waals surface area (Å²) < 4.78 is 1.99. The molecular formula is C17H17N3OS. The van der Waals surface area contributed by atoms with Crippen LogP contribution < -0.4 is 10.2 Å². The van der Waals surface area contributed by atoms with Crippen LogP contribution in [0.2, 0.25) is 0 Å². The van der Waals surface area contributed by atoms with Gasteiger partial charge in [0.25, 0.3) is 0 Å². The molecule has 0 aliphatic carbocycles. The molecule has 0 bridgehead atoms. The first-order valence-corrected chi connectivity index (χ1v) is 8.02. The molecule has 3 rings (SSSR count). The number of hydrogen-bond acceptors (Lipinski definition) is 2. The zero-order valence-electron chi connectivity index (χ0n) is 12.3. The number of carbonyl (C=O) groups excluding carboxylic acids is 1. The molecule has 2 amide bonds. The second-order valence-corrected chi connectivity index (χ2v) is 5.65. The average Bonchev–Trinajstić information content (AvgIpc) is 3.20. The summed E-state index contributed by atoms with van der Waals surface area (Å²) in [7, 11) is 0. The van der Waals surface area contributed by atoms with Crippen LogP contribution in [0, 0.1) is 0 Å². The predicted octanol–water partition coefficient (Wildman–Crippen LogP) is 4.60. The summed E-state index contributed by atoms with van der Waals surface area (Å²) in [4.78, 5) is 14.3. The van der Waals surface area contributed by atoms with E-state index in [1.165, 1.54) is 11.3 Å². The van der Waals surface area contributed by atoms with Gasteiger partial charge in [-0.25, -0.2) is 4.79 Å². The number of para-hydroxylation sites is 1. The number of thiophene rings is 1. The number of nitrogens with zero attached hydrogens (tertiary/aromatic N) is 2. The second kappa shape index (κ2) is 6.49. The number of anilines is 2. The molecule has 4 nitrogen and oxygen atoms in total. The van der Waals surface area contributed by atoms with Crippen LogP contribution in [0.1, 0.15) is 6.92 Å². The first kappa shape index (κ1) is 14.4. The van der Waals surface area contributed by atoms with E-state index in [0.29, 0.717) is 6.54 Å². The monoisotopic (exact) mass is 311 g/mol. The van der Waals surface area contributed by atoms with E-state index in [4.69, 9.17) is 0 Å². The van der Waals surface area contributed by atoms with Gasteiger partial charge in [-0.3, -0.25) is 10.2 Å². The summed E-state index contributed by atoms with van der Waals surface area (Å²) in [6.45, 7) is 2.58. The highest BCUT2D eigenvalue weighted by Crippen LogP contribution is 2.28. The second-order valence-electron chi connectivity index (χ2n) is 4.74.